The molecule has 0 rings (SSSR count). The largest absolute Gasteiger partial charge is 0.356 e. The van der Waals surface area contributed by atoms with E-state index < -0.39 is 0 Å². The van der Waals surface area contributed by atoms with Crippen molar-refractivity contribution in [3.8, 4) is 0 Å². The number of rotatable bonds is 13. The zero-order chi connectivity index (χ0) is 13.5. The van der Waals surface area contributed by atoms with Gasteiger partial charge in [-0.15, -0.1) is 0 Å². The number of hydrogen-bond acceptors (Lipinski definition) is 2. The van der Waals surface area contributed by atoms with Crippen molar-refractivity contribution in [2.24, 2.45) is 0 Å². The van der Waals surface area contributed by atoms with E-state index in [1.165, 1.54) is 44.9 Å². The molecule has 0 bridgehead atoms. The van der Waals surface area contributed by atoms with Crippen LogP contribution in [0.25, 0.3) is 0 Å². The molecule has 0 saturated heterocycles. The van der Waals surface area contributed by atoms with Crippen molar-refractivity contribution in [2.75, 3.05) is 19.6 Å². The molecule has 1 amide bonds. The molecule has 0 atom stereocenters. The highest BCUT2D eigenvalue weighted by Gasteiger charge is 1.98. The molecule has 0 spiro atoms. The van der Waals surface area contributed by atoms with E-state index in [-0.39, 0.29) is 5.91 Å². The molecule has 0 unspecified atom stereocenters. The van der Waals surface area contributed by atoms with Gasteiger partial charge < -0.3 is 10.6 Å². The average Bonchev–Trinajstić information content (AvgIpc) is 2.38. The Bertz CT molecular complexity index is 183. The van der Waals surface area contributed by atoms with Crippen LogP contribution in [0.15, 0.2) is 0 Å². The Morgan fingerprint density at radius 2 is 1.44 bits per heavy atom. The van der Waals surface area contributed by atoms with Gasteiger partial charge in [0.15, 0.2) is 0 Å². The van der Waals surface area contributed by atoms with E-state index in [1.54, 1.807) is 0 Å². The van der Waals surface area contributed by atoms with Crippen molar-refractivity contribution in [1.29, 1.82) is 0 Å². The van der Waals surface area contributed by atoms with Crippen molar-refractivity contribution in [3.05, 3.63) is 0 Å². The molecule has 2 N–H and O–H groups in total. The molecule has 0 aromatic heterocycles. The van der Waals surface area contributed by atoms with Crippen LogP contribution in [0.2, 0.25) is 0 Å². The second kappa shape index (κ2) is 14.5. The molecule has 18 heavy (non-hydrogen) atoms. The van der Waals surface area contributed by atoms with Crippen molar-refractivity contribution >= 4 is 5.91 Å². The Balaban J connectivity index is 3.04. The van der Waals surface area contributed by atoms with Crippen LogP contribution < -0.4 is 10.6 Å². The molecule has 0 fully saturated rings. The number of unbranched alkanes of at least 4 members (excludes halogenated alkanes) is 6. The smallest absolute Gasteiger partial charge is 0.221 e. The van der Waals surface area contributed by atoms with E-state index in [4.69, 9.17) is 0 Å². The highest BCUT2D eigenvalue weighted by molar-refractivity contribution is 5.75. The molecule has 0 aromatic rings. The van der Waals surface area contributed by atoms with E-state index in [9.17, 15) is 4.79 Å². The summed E-state index contributed by atoms with van der Waals surface area (Å²) in [5.74, 6) is 0.170. The Labute approximate surface area is 113 Å². The van der Waals surface area contributed by atoms with Crippen LogP contribution in [0.5, 0.6) is 0 Å². The summed E-state index contributed by atoms with van der Waals surface area (Å²) in [4.78, 5) is 11.3. The van der Waals surface area contributed by atoms with Crippen LogP contribution in [-0.4, -0.2) is 25.5 Å². The SMILES string of the molecule is CCCCCCCCCNCCC(=O)NCCC. The monoisotopic (exact) mass is 256 g/mol. The van der Waals surface area contributed by atoms with Crippen LogP contribution in [0, 0.1) is 0 Å². The quantitative estimate of drug-likeness (QED) is 0.497. The van der Waals surface area contributed by atoms with E-state index in [0.29, 0.717) is 6.42 Å². The van der Waals surface area contributed by atoms with Crippen LogP contribution in [-0.2, 0) is 4.79 Å². The first-order chi connectivity index (χ1) is 8.81. The summed E-state index contributed by atoms with van der Waals surface area (Å²) >= 11 is 0. The van der Waals surface area contributed by atoms with Gasteiger partial charge in [-0.25, -0.2) is 0 Å². The minimum absolute atomic E-state index is 0.170. The van der Waals surface area contributed by atoms with E-state index >= 15 is 0 Å². The molecule has 0 aliphatic heterocycles. The number of nitrogens with one attached hydrogen (secondary N) is 2. The summed E-state index contributed by atoms with van der Waals surface area (Å²) in [5.41, 5.74) is 0. The lowest BCUT2D eigenvalue weighted by Gasteiger charge is -2.05. The fourth-order valence-corrected chi connectivity index (χ4v) is 1.89. The highest BCUT2D eigenvalue weighted by Crippen LogP contribution is 2.06. The standard InChI is InChI=1S/C15H32N2O/c1-3-5-6-7-8-9-10-13-16-14-11-15(18)17-12-4-2/h16H,3-14H2,1-2H3,(H,17,18). The second-order valence-electron chi connectivity index (χ2n) is 4.97. The third-order valence-corrected chi connectivity index (χ3v) is 3.06. The number of amides is 1. The number of carbonyl (C=O) groups is 1. The molecule has 0 aliphatic carbocycles. The van der Waals surface area contributed by atoms with Crippen LogP contribution >= 0.6 is 0 Å². The van der Waals surface area contributed by atoms with Gasteiger partial charge in [-0.2, -0.15) is 0 Å². The third-order valence-electron chi connectivity index (χ3n) is 3.06. The normalized spacial score (nSPS) is 10.6. The number of carbonyl (C=O) groups excluding carboxylic acids is 1. The second-order valence-corrected chi connectivity index (χ2v) is 4.97. The van der Waals surface area contributed by atoms with Gasteiger partial charge in [-0.1, -0.05) is 52.4 Å². The minimum Gasteiger partial charge on any atom is -0.356 e. The van der Waals surface area contributed by atoms with Gasteiger partial charge in [0.05, 0.1) is 0 Å². The lowest BCUT2D eigenvalue weighted by atomic mass is 10.1. The molecule has 3 heteroatoms. The van der Waals surface area contributed by atoms with E-state index in [1.807, 2.05) is 0 Å². The maximum absolute atomic E-state index is 11.3. The zero-order valence-corrected chi connectivity index (χ0v) is 12.4. The van der Waals surface area contributed by atoms with Crippen LogP contribution in [0.4, 0.5) is 0 Å². The van der Waals surface area contributed by atoms with Crippen molar-refractivity contribution in [3.63, 3.8) is 0 Å². The Morgan fingerprint density at radius 1 is 0.778 bits per heavy atom. The Morgan fingerprint density at radius 3 is 2.11 bits per heavy atom. The Kier molecular flexibility index (Phi) is 14.0. The average molecular weight is 256 g/mol. The first-order valence-electron chi connectivity index (χ1n) is 7.78. The van der Waals surface area contributed by atoms with Crippen molar-refractivity contribution in [2.45, 2.75) is 71.6 Å². The van der Waals surface area contributed by atoms with Gasteiger partial charge in [0.1, 0.15) is 0 Å². The maximum atomic E-state index is 11.3. The summed E-state index contributed by atoms with van der Waals surface area (Å²) in [6.07, 6.45) is 11.0. The summed E-state index contributed by atoms with van der Waals surface area (Å²) in [6.45, 7) is 6.98. The van der Waals surface area contributed by atoms with Gasteiger partial charge in [0, 0.05) is 19.5 Å². The molecular formula is C15H32N2O. The molecule has 0 saturated carbocycles. The lowest BCUT2D eigenvalue weighted by molar-refractivity contribution is -0.120. The molecule has 3 nitrogen and oxygen atoms in total. The molecule has 0 aromatic carbocycles. The van der Waals surface area contributed by atoms with Gasteiger partial charge in [0.25, 0.3) is 0 Å². The topological polar surface area (TPSA) is 41.1 Å². The predicted octanol–water partition coefficient (Wildman–Crippen LogP) is 3.24. The minimum atomic E-state index is 0.170. The van der Waals surface area contributed by atoms with Crippen LogP contribution in [0.3, 0.4) is 0 Å². The fourth-order valence-electron chi connectivity index (χ4n) is 1.89. The van der Waals surface area contributed by atoms with Gasteiger partial charge in [-0.05, 0) is 19.4 Å². The summed E-state index contributed by atoms with van der Waals surface area (Å²) in [5, 5.41) is 6.22. The van der Waals surface area contributed by atoms with Gasteiger partial charge >= 0.3 is 0 Å². The molecule has 108 valence electrons. The first-order valence-corrected chi connectivity index (χ1v) is 7.78. The zero-order valence-electron chi connectivity index (χ0n) is 12.4. The molecule has 0 heterocycles. The van der Waals surface area contributed by atoms with Gasteiger partial charge in [-0.3, -0.25) is 4.79 Å². The summed E-state index contributed by atoms with van der Waals surface area (Å²) in [6, 6.07) is 0. The predicted molar refractivity (Wildman–Crippen MR) is 78.8 cm³/mol. The number of hydrogen-bond donors (Lipinski definition) is 2. The van der Waals surface area contributed by atoms with Crippen molar-refractivity contribution in [1.82, 2.24) is 10.6 Å². The van der Waals surface area contributed by atoms with E-state index in [0.717, 1.165) is 26.1 Å². The Hall–Kier alpha value is -0.570. The maximum Gasteiger partial charge on any atom is 0.221 e. The molecule has 0 aliphatic rings. The lowest BCUT2D eigenvalue weighted by Crippen LogP contribution is -2.28. The first kappa shape index (κ1) is 17.4. The van der Waals surface area contributed by atoms with Gasteiger partial charge in [0.2, 0.25) is 5.91 Å². The molecule has 0 radical (unpaired) electrons. The fraction of sp³-hybridized carbons (Fsp3) is 0.933. The van der Waals surface area contributed by atoms with Crippen LogP contribution in [0.1, 0.15) is 71.6 Å². The highest BCUT2D eigenvalue weighted by atomic mass is 16.1. The van der Waals surface area contributed by atoms with Crippen molar-refractivity contribution < 1.29 is 4.79 Å². The third kappa shape index (κ3) is 13.5. The summed E-state index contributed by atoms with van der Waals surface area (Å²) < 4.78 is 0. The molecular weight excluding hydrogens is 224 g/mol. The summed E-state index contributed by atoms with van der Waals surface area (Å²) in [7, 11) is 0. The van der Waals surface area contributed by atoms with E-state index in [2.05, 4.69) is 24.5 Å².